The summed E-state index contributed by atoms with van der Waals surface area (Å²) in [6, 6.07) is 2.05. The van der Waals surface area contributed by atoms with Crippen molar-refractivity contribution in [3.8, 4) is 11.5 Å². The average molecular weight is 417 g/mol. The van der Waals surface area contributed by atoms with Crippen LogP contribution >= 0.6 is 11.6 Å². The quantitative estimate of drug-likeness (QED) is 0.443. The molecular formula is C18H25ClN2O7. The Bertz CT molecular complexity index is 695. The topological polar surface area (TPSA) is 112 Å². The van der Waals surface area contributed by atoms with Gasteiger partial charge in [0.25, 0.3) is 5.91 Å². The van der Waals surface area contributed by atoms with Gasteiger partial charge in [0.05, 0.1) is 30.9 Å². The first kappa shape index (κ1) is 23.5. The Hall–Kier alpha value is -2.52. The molecular weight excluding hydrogens is 392 g/mol. The lowest BCUT2D eigenvalue weighted by molar-refractivity contribution is -0.123. The molecule has 1 aromatic carbocycles. The van der Waals surface area contributed by atoms with Gasteiger partial charge in [0.1, 0.15) is 0 Å². The predicted octanol–water partition coefficient (Wildman–Crippen LogP) is 2.01. The van der Waals surface area contributed by atoms with Crippen molar-refractivity contribution in [1.29, 1.82) is 0 Å². The van der Waals surface area contributed by atoms with Crippen LogP contribution in [0.15, 0.2) is 12.1 Å². The lowest BCUT2D eigenvalue weighted by atomic mass is 10.2. The number of amides is 3. The van der Waals surface area contributed by atoms with E-state index in [4.69, 9.17) is 30.5 Å². The number of esters is 1. The third kappa shape index (κ3) is 8.01. The number of halogens is 1. The van der Waals surface area contributed by atoms with Crippen LogP contribution < -0.4 is 20.1 Å². The van der Waals surface area contributed by atoms with E-state index in [0.717, 1.165) is 0 Å². The number of nitrogens with one attached hydrogen (secondary N) is 2. The minimum absolute atomic E-state index is 0.0797. The van der Waals surface area contributed by atoms with E-state index < -0.39 is 24.5 Å². The van der Waals surface area contributed by atoms with Gasteiger partial charge in [0, 0.05) is 13.7 Å². The van der Waals surface area contributed by atoms with Gasteiger partial charge < -0.3 is 24.3 Å². The maximum Gasteiger partial charge on any atom is 0.338 e. The Balaban J connectivity index is 2.65. The fourth-order valence-electron chi connectivity index (χ4n) is 1.92. The molecule has 0 saturated carbocycles. The number of carbonyl (C=O) groups is 3. The monoisotopic (exact) mass is 416 g/mol. The van der Waals surface area contributed by atoms with Crippen LogP contribution in [-0.4, -0.2) is 58.5 Å². The molecule has 0 saturated heterocycles. The maximum atomic E-state index is 12.2. The van der Waals surface area contributed by atoms with Crippen LogP contribution in [-0.2, 0) is 14.3 Å². The van der Waals surface area contributed by atoms with Crippen molar-refractivity contribution in [1.82, 2.24) is 10.6 Å². The first-order valence-corrected chi connectivity index (χ1v) is 8.90. The fraction of sp³-hybridized carbons (Fsp3) is 0.500. The van der Waals surface area contributed by atoms with Gasteiger partial charge in [0.15, 0.2) is 18.1 Å². The van der Waals surface area contributed by atoms with Crippen molar-refractivity contribution in [3.63, 3.8) is 0 Å². The number of hydrogen-bond donors (Lipinski definition) is 2. The predicted molar refractivity (Wildman–Crippen MR) is 102 cm³/mol. The normalized spacial score (nSPS) is 10.4. The second-order valence-corrected chi connectivity index (χ2v) is 6.47. The number of hydrogen-bond acceptors (Lipinski definition) is 7. The smallest absolute Gasteiger partial charge is 0.338 e. The number of urea groups is 1. The Morgan fingerprint density at radius 1 is 1.18 bits per heavy atom. The molecule has 156 valence electrons. The van der Waals surface area contributed by atoms with Crippen molar-refractivity contribution in [3.05, 3.63) is 22.7 Å². The minimum atomic E-state index is -0.800. The summed E-state index contributed by atoms with van der Waals surface area (Å²) in [6.07, 6.45) is 0. The third-order valence-electron chi connectivity index (χ3n) is 3.21. The summed E-state index contributed by atoms with van der Waals surface area (Å²) in [7, 11) is 2.90. The molecule has 0 radical (unpaired) electrons. The second-order valence-electron chi connectivity index (χ2n) is 6.07. The van der Waals surface area contributed by atoms with Crippen molar-refractivity contribution in [2.75, 3.05) is 40.6 Å². The van der Waals surface area contributed by atoms with Gasteiger partial charge in [-0.15, -0.1) is 0 Å². The summed E-state index contributed by atoms with van der Waals surface area (Å²) < 4.78 is 20.5. The zero-order valence-electron chi connectivity index (χ0n) is 16.3. The largest absolute Gasteiger partial charge is 0.493 e. The summed E-state index contributed by atoms with van der Waals surface area (Å²) in [5.74, 6) is -0.721. The molecule has 1 rings (SSSR count). The van der Waals surface area contributed by atoms with E-state index in [9.17, 15) is 14.4 Å². The molecule has 0 heterocycles. The molecule has 0 aliphatic rings. The molecule has 0 atom stereocenters. The minimum Gasteiger partial charge on any atom is -0.493 e. The number of benzene rings is 1. The number of imide groups is 1. The highest BCUT2D eigenvalue weighted by Crippen LogP contribution is 2.36. The van der Waals surface area contributed by atoms with E-state index >= 15 is 0 Å². The molecule has 10 heteroatoms. The van der Waals surface area contributed by atoms with E-state index in [2.05, 4.69) is 5.32 Å². The standard InChI is InChI=1S/C18H25ClN2O7/c1-11(2)9-27-16-13(19)7-12(8-14(16)26-4)17(23)28-10-15(22)21-18(24)20-5-6-25-3/h7-8,11H,5-6,9-10H2,1-4H3,(H2,20,21,22,24). The number of rotatable bonds is 10. The lowest BCUT2D eigenvalue weighted by Crippen LogP contribution is -2.42. The van der Waals surface area contributed by atoms with E-state index in [1.54, 1.807) is 0 Å². The molecule has 9 nitrogen and oxygen atoms in total. The summed E-state index contributed by atoms with van der Waals surface area (Å²) in [5.41, 5.74) is 0.0797. The maximum absolute atomic E-state index is 12.2. The Morgan fingerprint density at radius 3 is 2.50 bits per heavy atom. The third-order valence-corrected chi connectivity index (χ3v) is 3.49. The molecule has 1 aromatic rings. The molecule has 0 aliphatic heterocycles. The highest BCUT2D eigenvalue weighted by Gasteiger charge is 2.18. The van der Waals surface area contributed by atoms with Crippen LogP contribution in [0.3, 0.4) is 0 Å². The summed E-state index contributed by atoms with van der Waals surface area (Å²) in [4.78, 5) is 35.3. The van der Waals surface area contributed by atoms with Gasteiger partial charge in [-0.3, -0.25) is 10.1 Å². The summed E-state index contributed by atoms with van der Waals surface area (Å²) >= 11 is 6.18. The van der Waals surface area contributed by atoms with Gasteiger partial charge in [-0.25, -0.2) is 9.59 Å². The molecule has 0 aromatic heterocycles. The molecule has 2 N–H and O–H groups in total. The Morgan fingerprint density at radius 2 is 1.89 bits per heavy atom. The zero-order chi connectivity index (χ0) is 21.1. The average Bonchev–Trinajstić information content (AvgIpc) is 2.64. The van der Waals surface area contributed by atoms with Crippen molar-refractivity contribution in [2.24, 2.45) is 5.92 Å². The Kier molecular flexibility index (Phi) is 10.1. The SMILES string of the molecule is COCCNC(=O)NC(=O)COC(=O)c1cc(Cl)c(OCC(C)C)c(OC)c1. The fourth-order valence-corrected chi connectivity index (χ4v) is 2.18. The van der Waals surface area contributed by atoms with E-state index in [-0.39, 0.29) is 28.8 Å². The van der Waals surface area contributed by atoms with Gasteiger partial charge >= 0.3 is 12.0 Å². The summed E-state index contributed by atoms with van der Waals surface area (Å²) in [5, 5.41) is 4.60. The van der Waals surface area contributed by atoms with E-state index in [1.165, 1.54) is 26.4 Å². The van der Waals surface area contributed by atoms with Crippen LogP contribution in [0.4, 0.5) is 4.79 Å². The highest BCUT2D eigenvalue weighted by molar-refractivity contribution is 6.32. The number of carbonyl (C=O) groups excluding carboxylic acids is 3. The molecule has 0 aliphatic carbocycles. The van der Waals surface area contributed by atoms with E-state index in [0.29, 0.717) is 19.0 Å². The zero-order valence-corrected chi connectivity index (χ0v) is 17.1. The molecule has 3 amide bonds. The molecule has 28 heavy (non-hydrogen) atoms. The van der Waals surface area contributed by atoms with Crippen LogP contribution in [0.1, 0.15) is 24.2 Å². The molecule has 0 bridgehead atoms. The van der Waals surface area contributed by atoms with Crippen LogP contribution in [0, 0.1) is 5.92 Å². The Labute approximate surface area is 168 Å². The molecule has 0 spiro atoms. The van der Waals surface area contributed by atoms with Crippen molar-refractivity contribution < 1.29 is 33.3 Å². The number of ether oxygens (including phenoxy) is 4. The molecule has 0 unspecified atom stereocenters. The second kappa shape index (κ2) is 12.0. The number of methoxy groups -OCH3 is 2. The van der Waals surface area contributed by atoms with E-state index in [1.807, 2.05) is 19.2 Å². The summed E-state index contributed by atoms with van der Waals surface area (Å²) in [6.45, 7) is 4.29. The molecule has 0 fully saturated rings. The lowest BCUT2D eigenvalue weighted by Gasteiger charge is -2.15. The van der Waals surface area contributed by atoms with Gasteiger partial charge in [-0.2, -0.15) is 0 Å². The first-order valence-electron chi connectivity index (χ1n) is 8.52. The van der Waals surface area contributed by atoms with Crippen LogP contribution in [0.25, 0.3) is 0 Å². The first-order chi connectivity index (χ1) is 13.3. The van der Waals surface area contributed by atoms with Crippen molar-refractivity contribution >= 4 is 29.5 Å². The van der Waals surface area contributed by atoms with Crippen LogP contribution in [0.5, 0.6) is 11.5 Å². The van der Waals surface area contributed by atoms with Crippen molar-refractivity contribution in [2.45, 2.75) is 13.8 Å². The van der Waals surface area contributed by atoms with Gasteiger partial charge in [-0.1, -0.05) is 25.4 Å². The highest BCUT2D eigenvalue weighted by atomic mass is 35.5. The van der Waals surface area contributed by atoms with Gasteiger partial charge in [-0.05, 0) is 18.1 Å². The van der Waals surface area contributed by atoms with Crippen LogP contribution in [0.2, 0.25) is 5.02 Å². The van der Waals surface area contributed by atoms with Gasteiger partial charge in [0.2, 0.25) is 0 Å².